The molecule has 0 radical (unpaired) electrons. The molecule has 0 bridgehead atoms. The highest BCUT2D eigenvalue weighted by Crippen LogP contribution is 2.01. The maximum Gasteiger partial charge on any atom is 0.310 e. The van der Waals surface area contributed by atoms with Gasteiger partial charge in [-0.3, -0.25) is 9.79 Å². The Balaban J connectivity index is 3.81. The summed E-state index contributed by atoms with van der Waals surface area (Å²) < 4.78 is 4.66. The molecule has 0 aliphatic heterocycles. The van der Waals surface area contributed by atoms with Crippen molar-refractivity contribution in [2.24, 2.45) is 16.8 Å². The lowest BCUT2D eigenvalue weighted by molar-refractivity contribution is -0.144. The molecule has 0 aliphatic carbocycles. The van der Waals surface area contributed by atoms with E-state index >= 15 is 0 Å². The molecule has 5 nitrogen and oxygen atoms in total. The lowest BCUT2D eigenvalue weighted by Crippen LogP contribution is -2.41. The maximum atomic E-state index is 11.2. The Labute approximate surface area is 110 Å². The average molecular weight is 257 g/mol. The highest BCUT2D eigenvalue weighted by molar-refractivity contribution is 5.80. The van der Waals surface area contributed by atoms with E-state index in [1.165, 1.54) is 13.5 Å². The number of hydrogen-bond acceptors (Lipinski definition) is 3. The van der Waals surface area contributed by atoms with Crippen LogP contribution in [0.5, 0.6) is 0 Å². The molecule has 1 atom stereocenters. The largest absolute Gasteiger partial charge is 0.469 e. The van der Waals surface area contributed by atoms with E-state index in [2.05, 4.69) is 34.2 Å². The van der Waals surface area contributed by atoms with Gasteiger partial charge in [-0.25, -0.2) is 0 Å². The van der Waals surface area contributed by atoms with E-state index in [-0.39, 0.29) is 11.9 Å². The zero-order valence-electron chi connectivity index (χ0n) is 12.2. The number of carbonyl (C=O) groups excluding carboxylic acids is 1. The molecular weight excluding hydrogens is 230 g/mol. The summed E-state index contributed by atoms with van der Waals surface area (Å²) in [6.07, 6.45) is 2.31. The summed E-state index contributed by atoms with van der Waals surface area (Å²) in [4.78, 5) is 15.3. The van der Waals surface area contributed by atoms with Gasteiger partial charge in [0.1, 0.15) is 0 Å². The Bertz CT molecular complexity index is 265. The topological polar surface area (TPSA) is 62.7 Å². The number of esters is 1. The van der Waals surface area contributed by atoms with Crippen LogP contribution in [0, 0.1) is 11.8 Å². The second-order valence-corrected chi connectivity index (χ2v) is 4.84. The number of nitrogens with zero attached hydrogens (tertiary/aromatic N) is 1. The molecule has 5 heteroatoms. The molecule has 0 spiro atoms. The Morgan fingerprint density at radius 3 is 2.44 bits per heavy atom. The summed E-state index contributed by atoms with van der Waals surface area (Å²) in [5, 5.41) is 6.33. The molecule has 0 heterocycles. The standard InChI is InChI=1S/C13H27N3O2/c1-10(2)7-6-8-15-13(14-4)16-9-11(3)12(17)18-5/h10-11H,6-9H2,1-5H3,(H2,14,15,16). The number of methoxy groups -OCH3 is 1. The van der Waals surface area contributed by atoms with E-state index in [0.29, 0.717) is 6.54 Å². The number of nitrogens with one attached hydrogen (secondary N) is 2. The first-order valence-corrected chi connectivity index (χ1v) is 6.53. The minimum atomic E-state index is -0.210. The fourth-order valence-electron chi connectivity index (χ4n) is 1.47. The third kappa shape index (κ3) is 7.92. The van der Waals surface area contributed by atoms with Crippen LogP contribution in [0.2, 0.25) is 0 Å². The van der Waals surface area contributed by atoms with Crippen LogP contribution < -0.4 is 10.6 Å². The summed E-state index contributed by atoms with van der Waals surface area (Å²) in [5.41, 5.74) is 0. The zero-order valence-corrected chi connectivity index (χ0v) is 12.2. The molecule has 0 aromatic heterocycles. The fraction of sp³-hybridized carbons (Fsp3) is 0.846. The number of hydrogen-bond donors (Lipinski definition) is 2. The van der Waals surface area contributed by atoms with E-state index in [1.807, 2.05) is 6.92 Å². The number of aliphatic imine (C=N–C) groups is 1. The van der Waals surface area contributed by atoms with Gasteiger partial charge in [0.05, 0.1) is 13.0 Å². The maximum absolute atomic E-state index is 11.2. The minimum absolute atomic E-state index is 0.177. The van der Waals surface area contributed by atoms with Gasteiger partial charge in [-0.2, -0.15) is 0 Å². The van der Waals surface area contributed by atoms with Crippen molar-refractivity contribution < 1.29 is 9.53 Å². The van der Waals surface area contributed by atoms with Gasteiger partial charge in [0, 0.05) is 20.1 Å². The van der Waals surface area contributed by atoms with Gasteiger partial charge in [0.25, 0.3) is 0 Å². The van der Waals surface area contributed by atoms with Gasteiger partial charge in [-0.15, -0.1) is 0 Å². The third-order valence-corrected chi connectivity index (χ3v) is 2.65. The monoisotopic (exact) mass is 257 g/mol. The van der Waals surface area contributed by atoms with Crippen molar-refractivity contribution in [3.8, 4) is 0 Å². The summed E-state index contributed by atoms with van der Waals surface area (Å²) in [6.45, 7) is 7.67. The zero-order chi connectivity index (χ0) is 14.0. The van der Waals surface area contributed by atoms with Gasteiger partial charge >= 0.3 is 5.97 Å². The molecular formula is C13H27N3O2. The SMILES string of the molecule is CN=C(NCCCC(C)C)NCC(C)C(=O)OC. The molecule has 2 N–H and O–H groups in total. The second-order valence-electron chi connectivity index (χ2n) is 4.84. The van der Waals surface area contributed by atoms with Crippen LogP contribution in [-0.2, 0) is 9.53 Å². The van der Waals surface area contributed by atoms with Crippen molar-refractivity contribution >= 4 is 11.9 Å². The Kier molecular flexibility index (Phi) is 9.06. The van der Waals surface area contributed by atoms with Crippen LogP contribution in [-0.4, -0.2) is 39.2 Å². The van der Waals surface area contributed by atoms with Crippen LogP contribution in [0.25, 0.3) is 0 Å². The van der Waals surface area contributed by atoms with Crippen molar-refractivity contribution in [1.29, 1.82) is 0 Å². The van der Waals surface area contributed by atoms with E-state index in [9.17, 15) is 4.79 Å². The van der Waals surface area contributed by atoms with Gasteiger partial charge < -0.3 is 15.4 Å². The normalized spacial score (nSPS) is 13.3. The van der Waals surface area contributed by atoms with Crippen molar-refractivity contribution in [2.45, 2.75) is 33.6 Å². The quantitative estimate of drug-likeness (QED) is 0.313. The van der Waals surface area contributed by atoms with E-state index in [4.69, 9.17) is 0 Å². The van der Waals surface area contributed by atoms with E-state index in [0.717, 1.165) is 24.8 Å². The Hall–Kier alpha value is -1.26. The highest BCUT2D eigenvalue weighted by atomic mass is 16.5. The van der Waals surface area contributed by atoms with Crippen LogP contribution in [0.15, 0.2) is 4.99 Å². The number of carbonyl (C=O) groups is 1. The average Bonchev–Trinajstić information content (AvgIpc) is 2.36. The van der Waals surface area contributed by atoms with Gasteiger partial charge in [0.15, 0.2) is 5.96 Å². The lowest BCUT2D eigenvalue weighted by atomic mass is 10.1. The number of ether oxygens (including phenoxy) is 1. The van der Waals surface area contributed by atoms with Crippen molar-refractivity contribution in [2.75, 3.05) is 27.2 Å². The van der Waals surface area contributed by atoms with Crippen molar-refractivity contribution in [3.05, 3.63) is 0 Å². The molecule has 106 valence electrons. The molecule has 0 saturated heterocycles. The third-order valence-electron chi connectivity index (χ3n) is 2.65. The predicted molar refractivity (Wildman–Crippen MR) is 74.6 cm³/mol. The first-order chi connectivity index (χ1) is 8.51. The molecule has 18 heavy (non-hydrogen) atoms. The fourth-order valence-corrected chi connectivity index (χ4v) is 1.47. The van der Waals surface area contributed by atoms with Gasteiger partial charge in [-0.05, 0) is 18.8 Å². The molecule has 0 saturated carbocycles. The molecule has 0 rings (SSSR count). The van der Waals surface area contributed by atoms with E-state index < -0.39 is 0 Å². The Morgan fingerprint density at radius 2 is 1.94 bits per heavy atom. The summed E-state index contributed by atoms with van der Waals surface area (Å²) >= 11 is 0. The van der Waals surface area contributed by atoms with E-state index in [1.54, 1.807) is 7.05 Å². The molecule has 1 unspecified atom stereocenters. The van der Waals surface area contributed by atoms with Crippen molar-refractivity contribution in [1.82, 2.24) is 10.6 Å². The highest BCUT2D eigenvalue weighted by Gasteiger charge is 2.12. The minimum Gasteiger partial charge on any atom is -0.469 e. The molecule has 0 aromatic carbocycles. The van der Waals surface area contributed by atoms with Crippen LogP contribution in [0.1, 0.15) is 33.6 Å². The molecule has 0 fully saturated rings. The summed E-state index contributed by atoms with van der Waals surface area (Å²) in [6, 6.07) is 0. The molecule has 0 aliphatic rings. The second kappa shape index (κ2) is 9.74. The summed E-state index contributed by atoms with van der Waals surface area (Å²) in [5.74, 6) is 1.07. The van der Waals surface area contributed by atoms with Crippen LogP contribution in [0.3, 0.4) is 0 Å². The summed E-state index contributed by atoms with van der Waals surface area (Å²) in [7, 11) is 3.12. The molecule has 0 amide bonds. The number of guanidine groups is 1. The Morgan fingerprint density at radius 1 is 1.28 bits per heavy atom. The number of rotatable bonds is 7. The molecule has 0 aromatic rings. The van der Waals surface area contributed by atoms with Gasteiger partial charge in [0.2, 0.25) is 0 Å². The van der Waals surface area contributed by atoms with Crippen LogP contribution in [0.4, 0.5) is 0 Å². The first kappa shape index (κ1) is 16.7. The van der Waals surface area contributed by atoms with Crippen LogP contribution >= 0.6 is 0 Å². The van der Waals surface area contributed by atoms with Crippen molar-refractivity contribution in [3.63, 3.8) is 0 Å². The lowest BCUT2D eigenvalue weighted by Gasteiger charge is -2.14. The smallest absolute Gasteiger partial charge is 0.310 e. The predicted octanol–water partition coefficient (Wildman–Crippen LogP) is 1.40. The first-order valence-electron chi connectivity index (χ1n) is 6.53. The van der Waals surface area contributed by atoms with Gasteiger partial charge in [-0.1, -0.05) is 20.8 Å².